The Bertz CT molecular complexity index is 345. The topological polar surface area (TPSA) is 18.5 Å². The fourth-order valence-electron chi connectivity index (χ4n) is 3.14. The van der Waals surface area contributed by atoms with Crippen molar-refractivity contribution in [3.05, 3.63) is 37.1 Å². The second-order valence-electron chi connectivity index (χ2n) is 5.63. The van der Waals surface area contributed by atoms with E-state index in [1.165, 1.54) is 6.42 Å². The molecule has 2 nitrogen and oxygen atoms in total. The molecule has 19 heavy (non-hydrogen) atoms. The molecule has 0 aromatic heterocycles. The molecule has 0 aliphatic heterocycles. The van der Waals surface area contributed by atoms with Crippen molar-refractivity contribution in [2.45, 2.75) is 45.6 Å². The van der Waals surface area contributed by atoms with Gasteiger partial charge < -0.3 is 9.47 Å². The summed E-state index contributed by atoms with van der Waals surface area (Å²) >= 11 is 0. The van der Waals surface area contributed by atoms with Gasteiger partial charge in [0.15, 0.2) is 0 Å². The quantitative estimate of drug-likeness (QED) is 0.498. The molecule has 2 heteroatoms. The molecule has 1 saturated carbocycles. The van der Waals surface area contributed by atoms with Crippen LogP contribution in [0.3, 0.4) is 0 Å². The van der Waals surface area contributed by atoms with Gasteiger partial charge in [-0.3, -0.25) is 0 Å². The third-order valence-electron chi connectivity index (χ3n) is 4.01. The van der Waals surface area contributed by atoms with Gasteiger partial charge in [0.1, 0.15) is 11.4 Å². The van der Waals surface area contributed by atoms with Gasteiger partial charge in [0, 0.05) is 5.92 Å². The summed E-state index contributed by atoms with van der Waals surface area (Å²) in [5.41, 5.74) is 0.713. The van der Waals surface area contributed by atoms with E-state index in [9.17, 15) is 0 Å². The first-order chi connectivity index (χ1) is 8.97. The standard InChI is InChI=1S/C17H28O2/c1-7-11-19-17(15(6)18-8-2)12-14(5)9-10-16(17)13(3)4/h7,14,16H,1,3,6,8-12H2,2,4-5H3/t14-,16+,17-/m1/s1. The summed E-state index contributed by atoms with van der Waals surface area (Å²) in [4.78, 5) is 0. The SMILES string of the molecule is C=CCO[C@@]1(C(=C)OCC)C[C@H](C)CC[C@H]1C(=C)C. The fourth-order valence-corrected chi connectivity index (χ4v) is 3.14. The molecular formula is C17H28O2. The highest BCUT2D eigenvalue weighted by Crippen LogP contribution is 2.47. The largest absolute Gasteiger partial charge is 0.496 e. The molecular weight excluding hydrogens is 236 g/mol. The summed E-state index contributed by atoms with van der Waals surface area (Å²) in [5, 5.41) is 0. The predicted octanol–water partition coefficient (Wildman–Crippen LogP) is 4.49. The van der Waals surface area contributed by atoms with E-state index in [0.717, 1.165) is 24.2 Å². The zero-order valence-electron chi connectivity index (χ0n) is 12.7. The van der Waals surface area contributed by atoms with E-state index in [1.54, 1.807) is 6.08 Å². The van der Waals surface area contributed by atoms with Crippen LogP contribution in [0.1, 0.15) is 40.0 Å². The second kappa shape index (κ2) is 6.95. The molecule has 0 aromatic carbocycles. The molecule has 3 atom stereocenters. The van der Waals surface area contributed by atoms with Crippen molar-refractivity contribution < 1.29 is 9.47 Å². The van der Waals surface area contributed by atoms with E-state index in [-0.39, 0.29) is 5.92 Å². The van der Waals surface area contributed by atoms with Crippen LogP contribution in [0.4, 0.5) is 0 Å². The van der Waals surface area contributed by atoms with Crippen LogP contribution < -0.4 is 0 Å². The zero-order chi connectivity index (χ0) is 14.5. The Kier molecular flexibility index (Phi) is 5.86. The van der Waals surface area contributed by atoms with E-state index in [4.69, 9.17) is 9.47 Å². The number of rotatable bonds is 7. The first kappa shape index (κ1) is 16.0. The Morgan fingerprint density at radius 1 is 1.37 bits per heavy atom. The lowest BCUT2D eigenvalue weighted by molar-refractivity contribution is -0.102. The van der Waals surface area contributed by atoms with Crippen molar-refractivity contribution in [3.63, 3.8) is 0 Å². The lowest BCUT2D eigenvalue weighted by atomic mass is 9.68. The highest BCUT2D eigenvalue weighted by atomic mass is 16.5. The minimum atomic E-state index is -0.437. The monoisotopic (exact) mass is 264 g/mol. The van der Waals surface area contributed by atoms with E-state index >= 15 is 0 Å². The number of hydrogen-bond donors (Lipinski definition) is 0. The van der Waals surface area contributed by atoms with Gasteiger partial charge in [-0.25, -0.2) is 0 Å². The van der Waals surface area contributed by atoms with Crippen molar-refractivity contribution >= 4 is 0 Å². The van der Waals surface area contributed by atoms with Crippen molar-refractivity contribution in [3.8, 4) is 0 Å². The first-order valence-electron chi connectivity index (χ1n) is 7.20. The summed E-state index contributed by atoms with van der Waals surface area (Å²) in [6.45, 7) is 19.5. The van der Waals surface area contributed by atoms with E-state index < -0.39 is 5.60 Å². The minimum absolute atomic E-state index is 0.280. The molecule has 0 amide bonds. The Hall–Kier alpha value is -1.02. The molecule has 1 aliphatic carbocycles. The molecule has 0 bridgehead atoms. The van der Waals surface area contributed by atoms with E-state index in [1.807, 2.05) is 6.92 Å². The Morgan fingerprint density at radius 2 is 2.05 bits per heavy atom. The number of ether oxygens (including phenoxy) is 2. The van der Waals surface area contributed by atoms with Crippen LogP contribution in [0, 0.1) is 11.8 Å². The molecule has 0 N–H and O–H groups in total. The molecule has 0 aromatic rings. The van der Waals surface area contributed by atoms with Crippen LogP contribution in [0.5, 0.6) is 0 Å². The molecule has 1 aliphatic rings. The lowest BCUT2D eigenvalue weighted by Gasteiger charge is -2.46. The average Bonchev–Trinajstić information content (AvgIpc) is 2.36. The van der Waals surface area contributed by atoms with Crippen LogP contribution in [0.2, 0.25) is 0 Å². The molecule has 0 unspecified atom stereocenters. The molecule has 0 heterocycles. The smallest absolute Gasteiger partial charge is 0.131 e. The average molecular weight is 264 g/mol. The van der Waals surface area contributed by atoms with Gasteiger partial charge in [-0.05, 0) is 39.0 Å². The zero-order valence-corrected chi connectivity index (χ0v) is 12.7. The highest BCUT2D eigenvalue weighted by Gasteiger charge is 2.47. The summed E-state index contributed by atoms with van der Waals surface area (Å²) < 4.78 is 11.9. The third-order valence-corrected chi connectivity index (χ3v) is 4.01. The van der Waals surface area contributed by atoms with Crippen molar-refractivity contribution in [2.24, 2.45) is 11.8 Å². The van der Waals surface area contributed by atoms with Crippen molar-refractivity contribution in [2.75, 3.05) is 13.2 Å². The van der Waals surface area contributed by atoms with Gasteiger partial charge in [0.25, 0.3) is 0 Å². The molecule has 0 radical (unpaired) electrons. The second-order valence-corrected chi connectivity index (χ2v) is 5.63. The molecule has 0 spiro atoms. The Morgan fingerprint density at radius 3 is 2.58 bits per heavy atom. The lowest BCUT2D eigenvalue weighted by Crippen LogP contribution is -2.48. The maximum atomic E-state index is 6.18. The van der Waals surface area contributed by atoms with Crippen LogP contribution in [-0.4, -0.2) is 18.8 Å². The van der Waals surface area contributed by atoms with Gasteiger partial charge in [-0.2, -0.15) is 0 Å². The van der Waals surface area contributed by atoms with E-state index in [2.05, 4.69) is 33.6 Å². The normalized spacial score (nSPS) is 30.7. The highest BCUT2D eigenvalue weighted by molar-refractivity contribution is 5.20. The van der Waals surface area contributed by atoms with E-state index in [0.29, 0.717) is 19.1 Å². The van der Waals surface area contributed by atoms with Gasteiger partial charge in [0.2, 0.25) is 0 Å². The molecule has 0 saturated heterocycles. The van der Waals surface area contributed by atoms with Gasteiger partial charge in [-0.15, -0.1) is 6.58 Å². The van der Waals surface area contributed by atoms with Crippen molar-refractivity contribution in [1.82, 2.24) is 0 Å². The molecule has 1 rings (SSSR count). The molecule has 108 valence electrons. The van der Waals surface area contributed by atoms with Crippen LogP contribution in [0.25, 0.3) is 0 Å². The van der Waals surface area contributed by atoms with Gasteiger partial charge in [0.05, 0.1) is 13.2 Å². The van der Waals surface area contributed by atoms with Crippen molar-refractivity contribution in [1.29, 1.82) is 0 Å². The molecule has 1 fully saturated rings. The van der Waals surface area contributed by atoms with Crippen LogP contribution >= 0.6 is 0 Å². The summed E-state index contributed by atoms with van der Waals surface area (Å²) in [6.07, 6.45) is 5.02. The summed E-state index contributed by atoms with van der Waals surface area (Å²) in [7, 11) is 0. The minimum Gasteiger partial charge on any atom is -0.496 e. The Labute approximate surface area is 118 Å². The maximum absolute atomic E-state index is 6.18. The van der Waals surface area contributed by atoms with Gasteiger partial charge >= 0.3 is 0 Å². The van der Waals surface area contributed by atoms with Gasteiger partial charge in [-0.1, -0.05) is 31.7 Å². The van der Waals surface area contributed by atoms with Crippen LogP contribution in [0.15, 0.2) is 37.1 Å². The van der Waals surface area contributed by atoms with Crippen LogP contribution in [-0.2, 0) is 9.47 Å². The number of hydrogen-bond acceptors (Lipinski definition) is 2. The summed E-state index contributed by atoms with van der Waals surface area (Å²) in [5.74, 6) is 1.64. The predicted molar refractivity (Wildman–Crippen MR) is 81.0 cm³/mol. The fraction of sp³-hybridized carbons (Fsp3) is 0.647. The maximum Gasteiger partial charge on any atom is 0.131 e. The first-order valence-corrected chi connectivity index (χ1v) is 7.20. The third kappa shape index (κ3) is 3.50. The summed E-state index contributed by atoms with van der Waals surface area (Å²) in [6, 6.07) is 0. The Balaban J connectivity index is 3.09.